The lowest BCUT2D eigenvalue weighted by Crippen LogP contribution is -2.11. The van der Waals surface area contributed by atoms with E-state index in [-0.39, 0.29) is 5.91 Å². The third-order valence-electron chi connectivity index (χ3n) is 4.06. The first-order valence-corrected chi connectivity index (χ1v) is 8.44. The van der Waals surface area contributed by atoms with Gasteiger partial charge < -0.3 is 10.7 Å². The maximum Gasteiger partial charge on any atom is 0.255 e. The number of nitrogens with one attached hydrogen (secondary N) is 2. The summed E-state index contributed by atoms with van der Waals surface area (Å²) < 4.78 is 0. The van der Waals surface area contributed by atoms with Gasteiger partial charge in [-0.05, 0) is 43.7 Å². The number of carbonyl (C=O) groups is 1. The first-order chi connectivity index (χ1) is 12.1. The fraction of sp³-hybridized carbons (Fsp3) is 0.190. The molecule has 1 aromatic heterocycles. The van der Waals surface area contributed by atoms with Crippen molar-refractivity contribution in [2.45, 2.75) is 26.7 Å². The lowest BCUT2D eigenvalue weighted by molar-refractivity contribution is 0.102. The number of pyridine rings is 1. The Morgan fingerprint density at radius 2 is 1.88 bits per heavy atom. The van der Waals surface area contributed by atoms with E-state index in [4.69, 9.17) is 5.41 Å². The van der Waals surface area contributed by atoms with Gasteiger partial charge in [0.15, 0.2) is 0 Å². The number of hydrogen-bond donors (Lipinski definition) is 2. The molecule has 0 atom stereocenters. The van der Waals surface area contributed by atoms with Crippen molar-refractivity contribution in [1.82, 2.24) is 4.98 Å². The van der Waals surface area contributed by atoms with Gasteiger partial charge in [-0.3, -0.25) is 9.78 Å². The van der Waals surface area contributed by atoms with Crippen LogP contribution in [-0.2, 0) is 0 Å². The lowest BCUT2D eigenvalue weighted by atomic mass is 10.0. The highest BCUT2D eigenvalue weighted by molar-refractivity contribution is 6.10. The molecule has 0 spiro atoms. The van der Waals surface area contributed by atoms with Gasteiger partial charge in [0.1, 0.15) is 0 Å². The van der Waals surface area contributed by atoms with Crippen LogP contribution in [0, 0.1) is 12.3 Å². The Bertz CT molecular complexity index is 933. The Hall–Kier alpha value is -3.01. The predicted molar refractivity (Wildman–Crippen MR) is 103 cm³/mol. The van der Waals surface area contributed by atoms with Gasteiger partial charge in [-0.1, -0.05) is 37.6 Å². The highest BCUT2D eigenvalue weighted by Crippen LogP contribution is 2.24. The Morgan fingerprint density at radius 3 is 2.60 bits per heavy atom. The molecule has 1 amide bonds. The molecule has 0 radical (unpaired) electrons. The largest absolute Gasteiger partial charge is 0.322 e. The number of nitrogens with zero attached hydrogens (tertiary/aromatic N) is 1. The number of anilines is 1. The molecule has 0 saturated carbocycles. The van der Waals surface area contributed by atoms with E-state index in [0.717, 1.165) is 35.0 Å². The Morgan fingerprint density at radius 1 is 1.12 bits per heavy atom. The van der Waals surface area contributed by atoms with Crippen LogP contribution in [0.5, 0.6) is 0 Å². The molecule has 0 unspecified atom stereocenters. The predicted octanol–water partition coefficient (Wildman–Crippen LogP) is 4.96. The van der Waals surface area contributed by atoms with Crippen molar-refractivity contribution in [2.24, 2.45) is 0 Å². The average Bonchev–Trinajstić information content (AvgIpc) is 2.61. The van der Waals surface area contributed by atoms with Crippen LogP contribution in [0.2, 0.25) is 0 Å². The number of aromatic nitrogens is 1. The van der Waals surface area contributed by atoms with Crippen LogP contribution in [0.1, 0.15) is 41.4 Å². The molecule has 2 N–H and O–H groups in total. The number of benzene rings is 2. The molecular weight excluding hydrogens is 310 g/mol. The average molecular weight is 331 g/mol. The van der Waals surface area contributed by atoms with Gasteiger partial charge in [0.2, 0.25) is 0 Å². The minimum Gasteiger partial charge on any atom is -0.322 e. The van der Waals surface area contributed by atoms with Gasteiger partial charge >= 0.3 is 0 Å². The fourth-order valence-corrected chi connectivity index (χ4v) is 2.87. The Labute approximate surface area is 147 Å². The van der Waals surface area contributed by atoms with Crippen molar-refractivity contribution in [3.05, 3.63) is 71.4 Å². The number of fused-ring (bicyclic) bond motifs is 1. The second-order valence-electron chi connectivity index (χ2n) is 6.09. The summed E-state index contributed by atoms with van der Waals surface area (Å²) in [7, 11) is 0. The summed E-state index contributed by atoms with van der Waals surface area (Å²) in [5.41, 5.74) is 4.53. The lowest BCUT2D eigenvalue weighted by Gasteiger charge is -2.11. The van der Waals surface area contributed by atoms with Gasteiger partial charge in [-0.15, -0.1) is 0 Å². The van der Waals surface area contributed by atoms with Crippen LogP contribution in [0.3, 0.4) is 0 Å². The Kier molecular flexibility index (Phi) is 4.89. The van der Waals surface area contributed by atoms with Crippen LogP contribution in [0.15, 0.2) is 54.6 Å². The van der Waals surface area contributed by atoms with Crippen molar-refractivity contribution in [3.8, 4) is 0 Å². The van der Waals surface area contributed by atoms with Gasteiger partial charge in [0.25, 0.3) is 5.91 Å². The zero-order valence-corrected chi connectivity index (χ0v) is 14.5. The number of amides is 1. The summed E-state index contributed by atoms with van der Waals surface area (Å²) in [5.74, 6) is -0.147. The molecule has 0 bridgehead atoms. The summed E-state index contributed by atoms with van der Waals surface area (Å²) in [6.07, 6.45) is 1.68. The standard InChI is InChI=1S/C21H21N3O/c1-3-7-19(22)18-12-14(2)23-20-13-16(10-11-17(18)20)24-21(25)15-8-5-4-6-9-15/h4-6,8-13,22H,3,7H2,1-2H3,(H,24,25). The first-order valence-electron chi connectivity index (χ1n) is 8.44. The maximum absolute atomic E-state index is 12.3. The Balaban J connectivity index is 1.95. The van der Waals surface area contributed by atoms with E-state index in [1.54, 1.807) is 12.1 Å². The van der Waals surface area contributed by atoms with E-state index >= 15 is 0 Å². The van der Waals surface area contributed by atoms with Gasteiger partial charge in [0, 0.05) is 33.6 Å². The molecular formula is C21H21N3O. The summed E-state index contributed by atoms with van der Waals surface area (Å²) >= 11 is 0. The van der Waals surface area contributed by atoms with Gasteiger partial charge in [-0.25, -0.2) is 0 Å². The van der Waals surface area contributed by atoms with E-state index in [0.29, 0.717) is 17.0 Å². The molecule has 126 valence electrons. The van der Waals surface area contributed by atoms with Crippen molar-refractivity contribution >= 4 is 28.2 Å². The zero-order valence-electron chi connectivity index (χ0n) is 14.5. The minimum absolute atomic E-state index is 0.147. The molecule has 4 nitrogen and oxygen atoms in total. The van der Waals surface area contributed by atoms with Crippen LogP contribution in [0.25, 0.3) is 10.9 Å². The summed E-state index contributed by atoms with van der Waals surface area (Å²) in [4.78, 5) is 16.9. The minimum atomic E-state index is -0.147. The smallest absolute Gasteiger partial charge is 0.255 e. The van der Waals surface area contributed by atoms with Crippen LogP contribution in [0.4, 0.5) is 5.69 Å². The molecule has 3 rings (SSSR count). The van der Waals surface area contributed by atoms with Crippen LogP contribution >= 0.6 is 0 Å². The molecule has 0 aliphatic heterocycles. The SMILES string of the molecule is CCCC(=N)c1cc(C)nc2cc(NC(=O)c3ccccc3)ccc12. The van der Waals surface area contributed by atoms with Crippen molar-refractivity contribution in [3.63, 3.8) is 0 Å². The zero-order chi connectivity index (χ0) is 17.8. The third-order valence-corrected chi connectivity index (χ3v) is 4.06. The number of rotatable bonds is 5. The molecule has 0 fully saturated rings. The molecule has 25 heavy (non-hydrogen) atoms. The molecule has 1 heterocycles. The van der Waals surface area contributed by atoms with Crippen LogP contribution in [-0.4, -0.2) is 16.6 Å². The molecule has 4 heteroatoms. The quantitative estimate of drug-likeness (QED) is 0.649. The summed E-state index contributed by atoms with van der Waals surface area (Å²) in [5, 5.41) is 12.1. The topological polar surface area (TPSA) is 65.8 Å². The van der Waals surface area contributed by atoms with Crippen molar-refractivity contribution in [2.75, 3.05) is 5.32 Å². The third kappa shape index (κ3) is 3.74. The normalized spacial score (nSPS) is 10.6. The first kappa shape index (κ1) is 16.8. The molecule has 3 aromatic rings. The van der Waals surface area contributed by atoms with Crippen molar-refractivity contribution < 1.29 is 4.79 Å². The maximum atomic E-state index is 12.3. The second-order valence-corrected chi connectivity index (χ2v) is 6.09. The van der Waals surface area contributed by atoms with Crippen LogP contribution < -0.4 is 5.32 Å². The molecule has 0 saturated heterocycles. The molecule has 2 aromatic carbocycles. The number of hydrogen-bond acceptors (Lipinski definition) is 3. The van der Waals surface area contributed by atoms with E-state index in [2.05, 4.69) is 17.2 Å². The number of aryl methyl sites for hydroxylation is 1. The highest BCUT2D eigenvalue weighted by atomic mass is 16.1. The highest BCUT2D eigenvalue weighted by Gasteiger charge is 2.11. The monoisotopic (exact) mass is 331 g/mol. The summed E-state index contributed by atoms with van der Waals surface area (Å²) in [6.45, 7) is 4.00. The second kappa shape index (κ2) is 7.26. The van der Waals surface area contributed by atoms with Crippen molar-refractivity contribution in [1.29, 1.82) is 5.41 Å². The van der Waals surface area contributed by atoms with Gasteiger partial charge in [-0.2, -0.15) is 0 Å². The van der Waals surface area contributed by atoms with E-state index < -0.39 is 0 Å². The van der Waals surface area contributed by atoms with E-state index in [9.17, 15) is 4.79 Å². The molecule has 0 aliphatic rings. The van der Waals surface area contributed by atoms with E-state index in [1.165, 1.54) is 0 Å². The number of carbonyl (C=O) groups excluding carboxylic acids is 1. The van der Waals surface area contributed by atoms with Gasteiger partial charge in [0.05, 0.1) is 5.52 Å². The fourth-order valence-electron chi connectivity index (χ4n) is 2.87. The molecule has 0 aliphatic carbocycles. The summed E-state index contributed by atoms with van der Waals surface area (Å²) in [6, 6.07) is 16.7. The van der Waals surface area contributed by atoms with E-state index in [1.807, 2.05) is 49.4 Å².